The number of hydrogen-bond acceptors (Lipinski definition) is 4. The second-order valence-corrected chi connectivity index (χ2v) is 6.51. The van der Waals surface area contributed by atoms with Crippen molar-refractivity contribution in [1.29, 1.82) is 0 Å². The van der Waals surface area contributed by atoms with Gasteiger partial charge in [0.05, 0.1) is 11.3 Å². The molecule has 0 aromatic carbocycles. The average Bonchev–Trinajstić information content (AvgIpc) is 2.76. The van der Waals surface area contributed by atoms with Gasteiger partial charge in [-0.2, -0.15) is 0 Å². The van der Waals surface area contributed by atoms with E-state index in [2.05, 4.69) is 0 Å². The van der Waals surface area contributed by atoms with Crippen molar-refractivity contribution < 1.29 is 19.4 Å². The number of aliphatic hydroxyl groups is 1. The van der Waals surface area contributed by atoms with E-state index >= 15 is 0 Å². The Hall–Kier alpha value is -1.16. The lowest BCUT2D eigenvalue weighted by Gasteiger charge is -2.43. The number of ether oxygens (including phenoxy) is 1. The molecule has 4 nitrogen and oxygen atoms in total. The Morgan fingerprint density at radius 2 is 2.00 bits per heavy atom. The summed E-state index contributed by atoms with van der Waals surface area (Å²) in [7, 11) is 0. The van der Waals surface area contributed by atoms with Gasteiger partial charge in [-0.05, 0) is 37.8 Å². The first-order chi connectivity index (χ1) is 8.82. The van der Waals surface area contributed by atoms with Crippen LogP contribution in [-0.4, -0.2) is 28.6 Å². The Bertz CT molecular complexity index is 483. The maximum absolute atomic E-state index is 12.4. The highest BCUT2D eigenvalue weighted by molar-refractivity contribution is 6.00. The molecule has 0 aromatic rings. The van der Waals surface area contributed by atoms with Gasteiger partial charge < -0.3 is 9.84 Å². The van der Waals surface area contributed by atoms with Crippen LogP contribution in [0.1, 0.15) is 33.6 Å². The summed E-state index contributed by atoms with van der Waals surface area (Å²) < 4.78 is 5.50. The smallest absolute Gasteiger partial charge is 0.309 e. The summed E-state index contributed by atoms with van der Waals surface area (Å²) in [5.74, 6) is -0.548. The second kappa shape index (κ2) is 3.69. The van der Waals surface area contributed by atoms with Crippen molar-refractivity contribution in [2.45, 2.75) is 45.3 Å². The molecule has 0 aromatic heterocycles. The monoisotopic (exact) mass is 264 g/mol. The molecule has 104 valence electrons. The van der Waals surface area contributed by atoms with Crippen LogP contribution in [0.5, 0.6) is 0 Å². The van der Waals surface area contributed by atoms with Crippen LogP contribution in [0.25, 0.3) is 0 Å². The molecule has 1 saturated carbocycles. The first kappa shape index (κ1) is 12.9. The molecule has 1 aliphatic heterocycles. The van der Waals surface area contributed by atoms with Crippen molar-refractivity contribution in [3.8, 4) is 0 Å². The van der Waals surface area contributed by atoms with E-state index in [4.69, 9.17) is 4.74 Å². The van der Waals surface area contributed by atoms with Crippen LogP contribution in [0.4, 0.5) is 0 Å². The first-order valence-electron chi connectivity index (χ1n) is 6.99. The van der Waals surface area contributed by atoms with Crippen molar-refractivity contribution in [2.24, 2.45) is 23.2 Å². The van der Waals surface area contributed by atoms with E-state index in [0.717, 1.165) is 12.8 Å². The normalized spacial score (nSPS) is 52.6. The summed E-state index contributed by atoms with van der Waals surface area (Å²) in [6.07, 6.45) is 4.17. The number of allylic oxidation sites excluding steroid dienone is 1. The summed E-state index contributed by atoms with van der Waals surface area (Å²) in [6, 6.07) is 0. The van der Waals surface area contributed by atoms with Gasteiger partial charge in [0.2, 0.25) is 0 Å². The number of carbonyl (C=O) groups is 2. The minimum Gasteiger partial charge on any atom is -0.461 e. The SMILES string of the molecule is C[C@H]1C(=O)O[C@@H]2[C@H]1CC[C@H](C)[C@]1(O)C=CC(=O)[C@@]21C. The number of hydrogen-bond donors (Lipinski definition) is 1. The van der Waals surface area contributed by atoms with E-state index in [-0.39, 0.29) is 29.5 Å². The highest BCUT2D eigenvalue weighted by Gasteiger charge is 2.67. The fourth-order valence-corrected chi connectivity index (χ4v) is 4.16. The molecule has 1 N–H and O–H groups in total. The lowest BCUT2D eigenvalue weighted by atomic mass is 9.64. The molecule has 6 atom stereocenters. The van der Waals surface area contributed by atoms with Gasteiger partial charge in [0.15, 0.2) is 5.78 Å². The van der Waals surface area contributed by atoms with Gasteiger partial charge in [-0.25, -0.2) is 0 Å². The zero-order chi connectivity index (χ0) is 14.0. The molecule has 1 saturated heterocycles. The molecule has 1 heterocycles. The van der Waals surface area contributed by atoms with Gasteiger partial charge in [0.25, 0.3) is 0 Å². The molecular weight excluding hydrogens is 244 g/mol. The van der Waals surface area contributed by atoms with Crippen LogP contribution >= 0.6 is 0 Å². The third-order valence-corrected chi connectivity index (χ3v) is 5.73. The molecule has 0 unspecified atom stereocenters. The quantitative estimate of drug-likeness (QED) is 0.673. The number of carbonyl (C=O) groups excluding carboxylic acids is 2. The molecule has 2 fully saturated rings. The van der Waals surface area contributed by atoms with Crippen LogP contribution in [0.15, 0.2) is 12.2 Å². The van der Waals surface area contributed by atoms with Crippen LogP contribution in [0.3, 0.4) is 0 Å². The zero-order valence-electron chi connectivity index (χ0n) is 11.6. The van der Waals surface area contributed by atoms with Gasteiger partial charge in [-0.3, -0.25) is 9.59 Å². The first-order valence-corrected chi connectivity index (χ1v) is 6.99. The van der Waals surface area contributed by atoms with Gasteiger partial charge in [0, 0.05) is 5.92 Å². The highest BCUT2D eigenvalue weighted by atomic mass is 16.6. The summed E-state index contributed by atoms with van der Waals surface area (Å²) >= 11 is 0. The van der Waals surface area contributed by atoms with Crippen molar-refractivity contribution in [1.82, 2.24) is 0 Å². The Balaban J connectivity index is 2.13. The lowest BCUT2D eigenvalue weighted by molar-refractivity contribution is -0.166. The Labute approximate surface area is 112 Å². The maximum Gasteiger partial charge on any atom is 0.309 e. The van der Waals surface area contributed by atoms with Crippen molar-refractivity contribution in [3.05, 3.63) is 12.2 Å². The molecule has 4 heteroatoms. The van der Waals surface area contributed by atoms with Crippen molar-refractivity contribution >= 4 is 11.8 Å². The fourth-order valence-electron chi connectivity index (χ4n) is 4.16. The van der Waals surface area contributed by atoms with Crippen LogP contribution in [-0.2, 0) is 14.3 Å². The number of rotatable bonds is 0. The van der Waals surface area contributed by atoms with Crippen molar-refractivity contribution in [3.63, 3.8) is 0 Å². The van der Waals surface area contributed by atoms with E-state index in [1.165, 1.54) is 6.08 Å². The standard InChI is InChI=1S/C15H20O4/c1-8-4-5-10-9(2)13(17)19-12(10)14(3)11(16)6-7-15(8,14)18/h6-10,12,18H,4-5H2,1-3H3/t8-,9+,10-,12+,14-,15+/m0/s1. The van der Waals surface area contributed by atoms with E-state index in [0.29, 0.717) is 0 Å². The van der Waals surface area contributed by atoms with E-state index in [1.54, 1.807) is 13.0 Å². The highest BCUT2D eigenvalue weighted by Crippen LogP contribution is 2.56. The minimum atomic E-state index is -1.20. The van der Waals surface area contributed by atoms with Crippen LogP contribution < -0.4 is 0 Å². The van der Waals surface area contributed by atoms with Gasteiger partial charge in [0.1, 0.15) is 11.7 Å². The second-order valence-electron chi connectivity index (χ2n) is 6.51. The summed E-state index contributed by atoms with van der Waals surface area (Å²) in [6.45, 7) is 5.58. The molecule has 0 radical (unpaired) electrons. The largest absolute Gasteiger partial charge is 0.461 e. The van der Waals surface area contributed by atoms with E-state index in [1.807, 2.05) is 13.8 Å². The number of ketones is 1. The van der Waals surface area contributed by atoms with Crippen molar-refractivity contribution in [2.75, 3.05) is 0 Å². The number of fused-ring (bicyclic) bond motifs is 3. The topological polar surface area (TPSA) is 63.6 Å². The molecule has 19 heavy (non-hydrogen) atoms. The zero-order valence-corrected chi connectivity index (χ0v) is 11.6. The third-order valence-electron chi connectivity index (χ3n) is 5.73. The van der Waals surface area contributed by atoms with E-state index < -0.39 is 17.1 Å². The third kappa shape index (κ3) is 1.33. The minimum absolute atomic E-state index is 0.0169. The molecule has 0 spiro atoms. The van der Waals surface area contributed by atoms with Crippen LogP contribution in [0.2, 0.25) is 0 Å². The van der Waals surface area contributed by atoms with Gasteiger partial charge >= 0.3 is 5.97 Å². The molecule has 2 aliphatic carbocycles. The fraction of sp³-hybridized carbons (Fsp3) is 0.733. The van der Waals surface area contributed by atoms with E-state index in [9.17, 15) is 14.7 Å². The molecule has 3 rings (SSSR count). The summed E-state index contributed by atoms with van der Waals surface area (Å²) in [5.41, 5.74) is -2.23. The van der Waals surface area contributed by atoms with Gasteiger partial charge in [-0.15, -0.1) is 0 Å². The Morgan fingerprint density at radius 1 is 1.32 bits per heavy atom. The average molecular weight is 264 g/mol. The predicted molar refractivity (Wildman–Crippen MR) is 68.1 cm³/mol. The van der Waals surface area contributed by atoms with Gasteiger partial charge in [-0.1, -0.05) is 13.8 Å². The Kier molecular flexibility index (Phi) is 2.50. The molecule has 0 amide bonds. The van der Waals surface area contributed by atoms with Crippen LogP contribution in [0, 0.1) is 23.2 Å². The summed E-state index contributed by atoms with van der Waals surface area (Å²) in [4.78, 5) is 24.2. The molecular formula is C15H20O4. The molecule has 3 aliphatic rings. The lowest BCUT2D eigenvalue weighted by Crippen LogP contribution is -2.56. The molecule has 0 bridgehead atoms. The predicted octanol–water partition coefficient (Wildman–Crippen LogP) is 1.47. The number of esters is 1. The summed E-state index contributed by atoms with van der Waals surface area (Å²) in [5, 5.41) is 11.0. The maximum atomic E-state index is 12.4. The Morgan fingerprint density at radius 3 is 2.68 bits per heavy atom.